The van der Waals surface area contributed by atoms with E-state index in [1.807, 2.05) is 41.3 Å². The average Bonchev–Trinajstić information content (AvgIpc) is 2.86. The summed E-state index contributed by atoms with van der Waals surface area (Å²) in [6, 6.07) is 25.0. The molecule has 1 heterocycles. The molecule has 0 bridgehead atoms. The van der Waals surface area contributed by atoms with Crippen molar-refractivity contribution < 1.29 is 9.53 Å². The van der Waals surface area contributed by atoms with Gasteiger partial charge in [-0.25, -0.2) is 0 Å². The number of piperazine rings is 1. The van der Waals surface area contributed by atoms with Crippen molar-refractivity contribution in [3.05, 3.63) is 95.7 Å². The van der Waals surface area contributed by atoms with Crippen LogP contribution in [0.1, 0.15) is 11.1 Å². The molecule has 180 valence electrons. The van der Waals surface area contributed by atoms with Crippen molar-refractivity contribution in [3.8, 4) is 17.6 Å². The fourth-order valence-corrected chi connectivity index (χ4v) is 3.92. The van der Waals surface area contributed by atoms with E-state index >= 15 is 0 Å². The van der Waals surface area contributed by atoms with Crippen molar-refractivity contribution in [1.29, 1.82) is 5.26 Å². The van der Waals surface area contributed by atoms with Gasteiger partial charge in [0.1, 0.15) is 23.1 Å². The monoisotopic (exact) mass is 488 g/mol. The molecule has 1 fully saturated rings. The minimum absolute atomic E-state index is 0. The summed E-state index contributed by atoms with van der Waals surface area (Å²) in [5, 5.41) is 12.4. The van der Waals surface area contributed by atoms with Gasteiger partial charge < -0.3 is 19.9 Å². The van der Waals surface area contributed by atoms with Gasteiger partial charge in [0.15, 0.2) is 0 Å². The Morgan fingerprint density at radius 3 is 2.23 bits per heavy atom. The maximum atomic E-state index is 12.7. The van der Waals surface area contributed by atoms with E-state index < -0.39 is 5.91 Å². The first kappa shape index (κ1) is 25.7. The van der Waals surface area contributed by atoms with Crippen LogP contribution in [0.15, 0.2) is 84.6 Å². The van der Waals surface area contributed by atoms with Gasteiger partial charge in [-0.15, -0.1) is 12.4 Å². The SMILES string of the molecule is Cc1cccc(N2CCN(/C=C(/C#N)C(=O)Nc3ccc(Oc4ccccc4)cc3)CC2)c1C.Cl. The molecule has 7 heteroatoms. The molecule has 0 aromatic heterocycles. The lowest BCUT2D eigenvalue weighted by atomic mass is 10.1. The number of carbonyl (C=O) groups excluding carboxylic acids is 1. The number of ether oxygens (including phenoxy) is 1. The molecular formula is C28H29ClN4O2. The maximum Gasteiger partial charge on any atom is 0.267 e. The number of halogens is 1. The van der Waals surface area contributed by atoms with E-state index in [0.717, 1.165) is 31.9 Å². The molecule has 0 spiro atoms. The minimum atomic E-state index is -0.420. The van der Waals surface area contributed by atoms with Gasteiger partial charge in [-0.1, -0.05) is 30.3 Å². The summed E-state index contributed by atoms with van der Waals surface area (Å²) in [7, 11) is 0. The Morgan fingerprint density at radius 2 is 1.57 bits per heavy atom. The second kappa shape index (κ2) is 12.0. The number of hydrogen-bond acceptors (Lipinski definition) is 5. The molecule has 0 unspecified atom stereocenters. The molecule has 1 aliphatic rings. The van der Waals surface area contributed by atoms with Crippen molar-refractivity contribution >= 4 is 29.7 Å². The highest BCUT2D eigenvalue weighted by Crippen LogP contribution is 2.25. The molecule has 1 saturated heterocycles. The fourth-order valence-electron chi connectivity index (χ4n) is 3.92. The predicted octanol–water partition coefficient (Wildman–Crippen LogP) is 5.69. The van der Waals surface area contributed by atoms with E-state index in [1.165, 1.54) is 16.8 Å². The number of anilines is 2. The summed E-state index contributed by atoms with van der Waals surface area (Å²) < 4.78 is 5.77. The Morgan fingerprint density at radius 1 is 0.914 bits per heavy atom. The molecule has 35 heavy (non-hydrogen) atoms. The lowest BCUT2D eigenvalue weighted by Crippen LogP contribution is -2.44. The van der Waals surface area contributed by atoms with Gasteiger partial charge in [0.05, 0.1) is 0 Å². The van der Waals surface area contributed by atoms with Crippen LogP contribution in [-0.2, 0) is 4.79 Å². The number of benzene rings is 3. The van der Waals surface area contributed by atoms with Gasteiger partial charge in [0.2, 0.25) is 0 Å². The molecule has 1 amide bonds. The van der Waals surface area contributed by atoms with Gasteiger partial charge in [-0.3, -0.25) is 4.79 Å². The molecule has 1 aliphatic heterocycles. The highest BCUT2D eigenvalue weighted by Gasteiger charge is 2.19. The van der Waals surface area contributed by atoms with Crippen molar-refractivity contribution in [1.82, 2.24) is 4.90 Å². The Bertz CT molecular complexity index is 1210. The number of hydrogen-bond donors (Lipinski definition) is 1. The number of aryl methyl sites for hydroxylation is 1. The first-order valence-electron chi connectivity index (χ1n) is 11.3. The van der Waals surface area contributed by atoms with E-state index in [0.29, 0.717) is 11.4 Å². The zero-order chi connectivity index (χ0) is 23.9. The third kappa shape index (κ3) is 6.56. The minimum Gasteiger partial charge on any atom is -0.457 e. The van der Waals surface area contributed by atoms with Gasteiger partial charge >= 0.3 is 0 Å². The van der Waals surface area contributed by atoms with Crippen LogP contribution < -0.4 is 15.0 Å². The van der Waals surface area contributed by atoms with Gasteiger partial charge in [0, 0.05) is 43.8 Å². The standard InChI is InChI=1S/C28H28N4O2.ClH/c1-21-7-6-10-27(22(21)2)32-17-15-31(16-18-32)20-23(19-29)28(33)30-24-11-13-26(14-12-24)34-25-8-4-3-5-9-25;/h3-14,20H,15-18H2,1-2H3,(H,30,33);1H/b23-20-;. The van der Waals surface area contributed by atoms with Crippen molar-refractivity contribution in [3.63, 3.8) is 0 Å². The summed E-state index contributed by atoms with van der Waals surface area (Å²) in [4.78, 5) is 17.1. The van der Waals surface area contributed by atoms with Gasteiger partial charge in [-0.2, -0.15) is 5.26 Å². The number of carbonyl (C=O) groups is 1. The maximum absolute atomic E-state index is 12.7. The average molecular weight is 489 g/mol. The topological polar surface area (TPSA) is 68.6 Å². The molecule has 0 radical (unpaired) electrons. The van der Waals surface area contributed by atoms with E-state index in [1.54, 1.807) is 30.5 Å². The largest absolute Gasteiger partial charge is 0.457 e. The van der Waals surface area contributed by atoms with Crippen LogP contribution in [0.25, 0.3) is 0 Å². The second-order valence-corrected chi connectivity index (χ2v) is 8.29. The number of para-hydroxylation sites is 1. The van der Waals surface area contributed by atoms with Crippen LogP contribution >= 0.6 is 12.4 Å². The number of nitrogens with zero attached hydrogens (tertiary/aromatic N) is 3. The third-order valence-corrected chi connectivity index (χ3v) is 6.00. The fraction of sp³-hybridized carbons (Fsp3) is 0.214. The van der Waals surface area contributed by atoms with Crippen LogP contribution in [0, 0.1) is 25.2 Å². The van der Waals surface area contributed by atoms with Crippen molar-refractivity contribution in [2.45, 2.75) is 13.8 Å². The molecule has 0 saturated carbocycles. The Labute approximate surface area is 212 Å². The lowest BCUT2D eigenvalue weighted by Gasteiger charge is -2.36. The second-order valence-electron chi connectivity index (χ2n) is 8.29. The van der Waals surface area contributed by atoms with E-state index in [4.69, 9.17) is 4.74 Å². The Hall–Kier alpha value is -3.95. The van der Waals surface area contributed by atoms with Crippen LogP contribution in [0.5, 0.6) is 11.5 Å². The number of nitriles is 1. The number of nitrogens with one attached hydrogen (secondary N) is 1. The molecular weight excluding hydrogens is 460 g/mol. The Kier molecular flexibility index (Phi) is 8.77. The smallest absolute Gasteiger partial charge is 0.267 e. The van der Waals surface area contributed by atoms with Gasteiger partial charge in [-0.05, 0) is 67.4 Å². The highest BCUT2D eigenvalue weighted by molar-refractivity contribution is 6.06. The van der Waals surface area contributed by atoms with E-state index in [2.05, 4.69) is 42.3 Å². The van der Waals surface area contributed by atoms with E-state index in [-0.39, 0.29) is 18.0 Å². The van der Waals surface area contributed by atoms with Crippen LogP contribution in [0.3, 0.4) is 0 Å². The zero-order valence-corrected chi connectivity index (χ0v) is 20.7. The molecule has 4 rings (SSSR count). The summed E-state index contributed by atoms with van der Waals surface area (Å²) in [5.74, 6) is 0.991. The molecule has 3 aromatic carbocycles. The summed E-state index contributed by atoms with van der Waals surface area (Å²) in [6.07, 6.45) is 1.67. The van der Waals surface area contributed by atoms with Crippen LogP contribution in [0.2, 0.25) is 0 Å². The van der Waals surface area contributed by atoms with Crippen molar-refractivity contribution in [2.75, 3.05) is 36.4 Å². The van der Waals surface area contributed by atoms with Crippen molar-refractivity contribution in [2.24, 2.45) is 0 Å². The Balaban J connectivity index is 0.00000342. The van der Waals surface area contributed by atoms with Crippen LogP contribution in [-0.4, -0.2) is 37.0 Å². The summed E-state index contributed by atoms with van der Waals surface area (Å²) in [5.41, 5.74) is 4.52. The first-order chi connectivity index (χ1) is 16.5. The summed E-state index contributed by atoms with van der Waals surface area (Å²) >= 11 is 0. The third-order valence-electron chi connectivity index (χ3n) is 6.00. The van der Waals surface area contributed by atoms with E-state index in [9.17, 15) is 10.1 Å². The molecule has 6 nitrogen and oxygen atoms in total. The molecule has 1 N–H and O–H groups in total. The zero-order valence-electron chi connectivity index (χ0n) is 19.9. The molecule has 3 aromatic rings. The normalized spacial score (nSPS) is 13.5. The molecule has 0 aliphatic carbocycles. The quantitative estimate of drug-likeness (QED) is 0.357. The highest BCUT2D eigenvalue weighted by atomic mass is 35.5. The van der Waals surface area contributed by atoms with Crippen LogP contribution in [0.4, 0.5) is 11.4 Å². The summed E-state index contributed by atoms with van der Waals surface area (Å²) in [6.45, 7) is 7.44. The first-order valence-corrected chi connectivity index (χ1v) is 11.3. The molecule has 0 atom stereocenters. The predicted molar refractivity (Wildman–Crippen MR) is 142 cm³/mol. The van der Waals surface area contributed by atoms with Gasteiger partial charge in [0.25, 0.3) is 5.91 Å². The lowest BCUT2D eigenvalue weighted by molar-refractivity contribution is -0.112. The number of rotatable bonds is 6. The number of amides is 1.